The monoisotopic (exact) mass is 324 g/mol. The molecule has 2 aromatic heterocycles. The third-order valence-corrected chi connectivity index (χ3v) is 6.93. The van der Waals surface area contributed by atoms with Gasteiger partial charge in [-0.1, -0.05) is 0 Å². The van der Waals surface area contributed by atoms with Gasteiger partial charge in [-0.15, -0.1) is 0 Å². The average Bonchev–Trinajstić information content (AvgIpc) is 2.97. The maximum atomic E-state index is 12.8. The van der Waals surface area contributed by atoms with Crippen molar-refractivity contribution in [1.29, 1.82) is 0 Å². The summed E-state index contributed by atoms with van der Waals surface area (Å²) in [4.78, 5) is 16.9. The van der Waals surface area contributed by atoms with Crippen molar-refractivity contribution in [2.75, 3.05) is 0 Å². The highest BCUT2D eigenvalue weighted by Gasteiger charge is 2.53. The molecule has 4 fully saturated rings. The Morgan fingerprint density at radius 3 is 2.58 bits per heavy atom. The highest BCUT2D eigenvalue weighted by Crippen LogP contribution is 2.61. The molecule has 0 saturated heterocycles. The lowest BCUT2D eigenvalue weighted by Crippen LogP contribution is -2.55. The number of nitrogens with zero attached hydrogens (tertiary/aromatic N) is 2. The zero-order chi connectivity index (χ0) is 16.3. The van der Waals surface area contributed by atoms with E-state index in [4.69, 9.17) is 0 Å². The maximum absolute atomic E-state index is 12.8. The number of aromatic amines is 1. The van der Waals surface area contributed by atoms with Crippen molar-refractivity contribution in [3.63, 3.8) is 0 Å². The van der Waals surface area contributed by atoms with Gasteiger partial charge in [0.15, 0.2) is 5.69 Å². The summed E-state index contributed by atoms with van der Waals surface area (Å²) in [5, 5.41) is 11.2. The molecule has 126 valence electrons. The first-order valence-corrected chi connectivity index (χ1v) is 9.22. The van der Waals surface area contributed by atoms with E-state index in [2.05, 4.69) is 27.4 Å². The Morgan fingerprint density at radius 1 is 1.25 bits per heavy atom. The van der Waals surface area contributed by atoms with E-state index >= 15 is 0 Å². The second-order valence-electron chi connectivity index (χ2n) is 8.47. The molecule has 0 aliphatic heterocycles. The van der Waals surface area contributed by atoms with Crippen molar-refractivity contribution in [2.24, 2.45) is 23.2 Å². The molecule has 0 radical (unpaired) electrons. The van der Waals surface area contributed by atoms with Crippen LogP contribution >= 0.6 is 0 Å². The minimum Gasteiger partial charge on any atom is -0.348 e. The fraction of sp³-hybridized carbons (Fsp3) is 0.632. The molecule has 2 aromatic rings. The molecule has 5 nitrogen and oxygen atoms in total. The van der Waals surface area contributed by atoms with Gasteiger partial charge in [0.1, 0.15) is 0 Å². The quantitative estimate of drug-likeness (QED) is 0.910. The van der Waals surface area contributed by atoms with E-state index in [-0.39, 0.29) is 11.9 Å². The molecule has 5 heteroatoms. The summed E-state index contributed by atoms with van der Waals surface area (Å²) in [6, 6.07) is 2.06. The zero-order valence-electron chi connectivity index (χ0n) is 14.1. The Morgan fingerprint density at radius 2 is 1.92 bits per heavy atom. The van der Waals surface area contributed by atoms with Gasteiger partial charge in [-0.3, -0.25) is 14.9 Å². The van der Waals surface area contributed by atoms with Gasteiger partial charge in [0, 0.05) is 18.4 Å². The van der Waals surface area contributed by atoms with Crippen molar-refractivity contribution in [3.05, 3.63) is 24.2 Å². The third kappa shape index (κ3) is 2.10. The number of rotatable bonds is 3. The Hall–Kier alpha value is -1.91. The molecule has 24 heavy (non-hydrogen) atoms. The molecule has 0 spiro atoms. The topological polar surface area (TPSA) is 70.7 Å². The lowest BCUT2D eigenvalue weighted by molar-refractivity contribution is -0.0688. The highest BCUT2D eigenvalue weighted by molar-refractivity contribution is 6.04. The first kappa shape index (κ1) is 14.4. The lowest BCUT2D eigenvalue weighted by atomic mass is 9.48. The maximum Gasteiger partial charge on any atom is 0.272 e. The zero-order valence-corrected chi connectivity index (χ0v) is 14.1. The van der Waals surface area contributed by atoms with E-state index in [1.165, 1.54) is 38.5 Å². The number of carbonyl (C=O) groups is 1. The van der Waals surface area contributed by atoms with Gasteiger partial charge in [0.2, 0.25) is 0 Å². The van der Waals surface area contributed by atoms with Crippen LogP contribution < -0.4 is 5.32 Å². The Labute approximate surface area is 141 Å². The minimum absolute atomic E-state index is 0.0718. The Kier molecular flexibility index (Phi) is 3.03. The number of hydrogen-bond donors (Lipinski definition) is 2. The molecule has 2 N–H and O–H groups in total. The third-order valence-electron chi connectivity index (χ3n) is 6.93. The molecule has 2 heterocycles. The molecule has 6 rings (SSSR count). The summed E-state index contributed by atoms with van der Waals surface area (Å²) in [5.74, 6) is 2.61. The number of carbonyl (C=O) groups excluding carboxylic acids is 1. The lowest BCUT2D eigenvalue weighted by Gasteiger charge is -2.59. The summed E-state index contributed by atoms with van der Waals surface area (Å²) < 4.78 is 0. The summed E-state index contributed by atoms with van der Waals surface area (Å²) in [5.41, 5.74) is 1.64. The van der Waals surface area contributed by atoms with Gasteiger partial charge < -0.3 is 5.32 Å². The molecule has 4 bridgehead atoms. The fourth-order valence-electron chi connectivity index (χ4n) is 6.16. The first-order valence-electron chi connectivity index (χ1n) is 9.22. The fourth-order valence-corrected chi connectivity index (χ4v) is 6.16. The molecular weight excluding hydrogens is 300 g/mol. The van der Waals surface area contributed by atoms with Crippen LogP contribution in [0.15, 0.2) is 18.5 Å². The number of pyridine rings is 1. The van der Waals surface area contributed by atoms with Crippen LogP contribution in [0, 0.1) is 23.2 Å². The van der Waals surface area contributed by atoms with E-state index in [1.54, 1.807) is 12.4 Å². The second kappa shape index (κ2) is 5.04. The van der Waals surface area contributed by atoms with Gasteiger partial charge in [-0.05, 0) is 74.7 Å². The van der Waals surface area contributed by atoms with Crippen LogP contribution in [-0.4, -0.2) is 27.1 Å². The van der Waals surface area contributed by atoms with Crippen LogP contribution in [-0.2, 0) is 0 Å². The van der Waals surface area contributed by atoms with Crippen LogP contribution in [0.2, 0.25) is 0 Å². The highest BCUT2D eigenvalue weighted by atomic mass is 16.2. The predicted octanol–water partition coefficient (Wildman–Crippen LogP) is 3.29. The van der Waals surface area contributed by atoms with Crippen LogP contribution in [0.3, 0.4) is 0 Å². The van der Waals surface area contributed by atoms with Crippen molar-refractivity contribution in [1.82, 2.24) is 20.5 Å². The van der Waals surface area contributed by atoms with Crippen LogP contribution in [0.5, 0.6) is 0 Å². The Balaban J connectivity index is 1.38. The smallest absolute Gasteiger partial charge is 0.272 e. The van der Waals surface area contributed by atoms with Crippen molar-refractivity contribution in [2.45, 2.75) is 51.5 Å². The molecule has 1 amide bonds. The van der Waals surface area contributed by atoms with Crippen molar-refractivity contribution >= 4 is 16.8 Å². The summed E-state index contributed by atoms with van der Waals surface area (Å²) in [7, 11) is 0. The van der Waals surface area contributed by atoms with Gasteiger partial charge in [-0.2, -0.15) is 5.10 Å². The van der Waals surface area contributed by atoms with E-state index in [1.807, 2.05) is 6.07 Å². The molecule has 4 aliphatic carbocycles. The normalized spacial score (nSPS) is 35.3. The van der Waals surface area contributed by atoms with E-state index in [0.717, 1.165) is 28.7 Å². The molecule has 1 unspecified atom stereocenters. The van der Waals surface area contributed by atoms with Gasteiger partial charge >= 0.3 is 0 Å². The van der Waals surface area contributed by atoms with Crippen LogP contribution in [0.4, 0.5) is 0 Å². The largest absolute Gasteiger partial charge is 0.348 e. The number of hydrogen-bond acceptors (Lipinski definition) is 3. The average molecular weight is 324 g/mol. The number of H-pyrrole nitrogens is 1. The van der Waals surface area contributed by atoms with Crippen molar-refractivity contribution < 1.29 is 4.79 Å². The number of aromatic nitrogens is 3. The molecule has 4 saturated carbocycles. The molecular formula is C19H24N4O. The molecule has 1 atom stereocenters. The summed E-state index contributed by atoms with van der Waals surface area (Å²) >= 11 is 0. The van der Waals surface area contributed by atoms with E-state index in [9.17, 15) is 4.79 Å². The number of fused-ring (bicyclic) bond motifs is 1. The van der Waals surface area contributed by atoms with Crippen LogP contribution in [0.25, 0.3) is 10.9 Å². The number of amides is 1. The molecule has 0 aromatic carbocycles. The SMILES string of the molecule is CC(NC(=O)c1n[nH]c2ccncc12)C12CC3CC(CC(C3)C1)C2. The summed E-state index contributed by atoms with van der Waals surface area (Å²) in [6.45, 7) is 2.21. The van der Waals surface area contributed by atoms with Gasteiger partial charge in [0.05, 0.1) is 10.9 Å². The standard InChI is InChI=1S/C19H24N4O/c1-11(19-7-12-4-13(8-19)6-14(5-12)9-19)21-18(24)17-15-10-20-3-2-16(15)22-23-17/h2-3,10-14H,4-9H2,1H3,(H,21,24)(H,22,23). The van der Waals surface area contributed by atoms with Crippen molar-refractivity contribution in [3.8, 4) is 0 Å². The summed E-state index contributed by atoms with van der Waals surface area (Å²) in [6.07, 6.45) is 11.6. The second-order valence-corrected chi connectivity index (χ2v) is 8.47. The molecule has 4 aliphatic rings. The van der Waals surface area contributed by atoms with Gasteiger partial charge in [-0.25, -0.2) is 0 Å². The first-order chi connectivity index (χ1) is 11.6. The van der Waals surface area contributed by atoms with E-state index < -0.39 is 0 Å². The predicted molar refractivity (Wildman–Crippen MR) is 91.4 cm³/mol. The minimum atomic E-state index is -0.0718. The Bertz CT molecular complexity index is 760. The van der Waals surface area contributed by atoms with E-state index in [0.29, 0.717) is 11.1 Å². The van der Waals surface area contributed by atoms with Gasteiger partial charge in [0.25, 0.3) is 5.91 Å². The van der Waals surface area contributed by atoms with Crippen LogP contribution in [0.1, 0.15) is 55.9 Å². The number of nitrogens with one attached hydrogen (secondary N) is 2.